The van der Waals surface area contributed by atoms with E-state index in [9.17, 15) is 10.2 Å². The van der Waals surface area contributed by atoms with Crippen LogP contribution < -0.4 is 0 Å². The molecular weight excluding hydrogens is 204 g/mol. The first-order valence-electron chi connectivity index (χ1n) is 5.48. The van der Waals surface area contributed by atoms with E-state index in [0.29, 0.717) is 12.2 Å². The summed E-state index contributed by atoms with van der Waals surface area (Å²) in [7, 11) is 0. The molecule has 1 aromatic carbocycles. The molecule has 2 rings (SSSR count). The molecule has 0 fully saturated rings. The van der Waals surface area contributed by atoms with Crippen LogP contribution in [0.4, 0.5) is 0 Å². The number of rotatable bonds is 3. The molecule has 0 radical (unpaired) electrons. The van der Waals surface area contributed by atoms with E-state index in [4.69, 9.17) is 4.42 Å². The maximum atomic E-state index is 9.84. The summed E-state index contributed by atoms with van der Waals surface area (Å²) in [6.07, 6.45) is -1.23. The number of benzene rings is 1. The normalized spacial score (nSPS) is 15.2. The lowest BCUT2D eigenvalue weighted by Gasteiger charge is -2.12. The number of aliphatic hydroxyl groups excluding tert-OH is 2. The summed E-state index contributed by atoms with van der Waals surface area (Å²) in [6.45, 7) is 3.78. The largest absolute Gasteiger partial charge is 0.458 e. The van der Waals surface area contributed by atoms with Gasteiger partial charge in [0.05, 0.1) is 6.10 Å². The molecule has 2 unspecified atom stereocenters. The van der Waals surface area contributed by atoms with Crippen LogP contribution in [0.15, 0.2) is 28.7 Å². The third-order valence-corrected chi connectivity index (χ3v) is 2.83. The number of hydrogen-bond acceptors (Lipinski definition) is 3. The van der Waals surface area contributed by atoms with Crippen LogP contribution in [0.5, 0.6) is 0 Å². The maximum Gasteiger partial charge on any atom is 0.137 e. The van der Waals surface area contributed by atoms with Gasteiger partial charge in [0.25, 0.3) is 0 Å². The average molecular weight is 220 g/mol. The fraction of sp³-hybridized carbons (Fsp3) is 0.385. The zero-order valence-corrected chi connectivity index (χ0v) is 9.47. The molecule has 16 heavy (non-hydrogen) atoms. The molecule has 1 heterocycles. The zero-order chi connectivity index (χ0) is 11.7. The van der Waals surface area contributed by atoms with Gasteiger partial charge in [-0.15, -0.1) is 0 Å². The molecule has 3 nitrogen and oxygen atoms in total. The average Bonchev–Trinajstić information content (AvgIpc) is 2.72. The molecule has 0 spiro atoms. The molecular formula is C13H16O3. The Kier molecular flexibility index (Phi) is 2.99. The van der Waals surface area contributed by atoms with E-state index in [1.54, 1.807) is 6.07 Å². The van der Waals surface area contributed by atoms with Crippen molar-refractivity contribution in [2.45, 2.75) is 32.5 Å². The number of para-hydroxylation sites is 1. The van der Waals surface area contributed by atoms with Crippen LogP contribution in [0, 0.1) is 6.92 Å². The van der Waals surface area contributed by atoms with Crippen molar-refractivity contribution in [2.24, 2.45) is 0 Å². The van der Waals surface area contributed by atoms with Crippen molar-refractivity contribution >= 4 is 11.0 Å². The Morgan fingerprint density at radius 3 is 2.69 bits per heavy atom. The minimum atomic E-state index is -0.947. The first kappa shape index (κ1) is 11.2. The SMILES string of the molecule is CCC(O)C(O)c1cc2cccc(C)c2o1. The van der Waals surface area contributed by atoms with Gasteiger partial charge in [0.2, 0.25) is 0 Å². The number of aryl methyl sites for hydroxylation is 1. The molecule has 2 N–H and O–H groups in total. The van der Waals surface area contributed by atoms with E-state index in [1.165, 1.54) is 0 Å². The van der Waals surface area contributed by atoms with Crippen LogP contribution in [0.1, 0.15) is 30.8 Å². The lowest BCUT2D eigenvalue weighted by atomic mass is 10.1. The molecule has 0 saturated carbocycles. The van der Waals surface area contributed by atoms with Crippen LogP contribution in [0.3, 0.4) is 0 Å². The summed E-state index contributed by atoms with van der Waals surface area (Å²) in [6, 6.07) is 7.62. The van der Waals surface area contributed by atoms with Gasteiger partial charge in [0, 0.05) is 5.39 Å². The van der Waals surface area contributed by atoms with Crippen molar-refractivity contribution in [2.75, 3.05) is 0 Å². The predicted octanol–water partition coefficient (Wildman–Crippen LogP) is 2.55. The minimum absolute atomic E-state index is 0.429. The van der Waals surface area contributed by atoms with Gasteiger partial charge in [-0.2, -0.15) is 0 Å². The van der Waals surface area contributed by atoms with E-state index in [0.717, 1.165) is 16.5 Å². The molecule has 0 aliphatic carbocycles. The van der Waals surface area contributed by atoms with E-state index in [-0.39, 0.29) is 0 Å². The summed E-state index contributed by atoms with van der Waals surface area (Å²) in [5, 5.41) is 20.4. The van der Waals surface area contributed by atoms with E-state index in [1.807, 2.05) is 32.0 Å². The zero-order valence-electron chi connectivity index (χ0n) is 9.47. The Morgan fingerprint density at radius 2 is 2.06 bits per heavy atom. The smallest absolute Gasteiger partial charge is 0.137 e. The van der Waals surface area contributed by atoms with Gasteiger partial charge in [0.1, 0.15) is 17.4 Å². The summed E-state index contributed by atoms with van der Waals surface area (Å²) in [5.41, 5.74) is 1.81. The quantitative estimate of drug-likeness (QED) is 0.835. The van der Waals surface area contributed by atoms with E-state index >= 15 is 0 Å². The monoisotopic (exact) mass is 220 g/mol. The van der Waals surface area contributed by atoms with Gasteiger partial charge in [-0.3, -0.25) is 0 Å². The summed E-state index contributed by atoms with van der Waals surface area (Å²) in [4.78, 5) is 0. The third kappa shape index (κ3) is 1.84. The molecule has 0 aliphatic rings. The summed E-state index contributed by atoms with van der Waals surface area (Å²) >= 11 is 0. The van der Waals surface area contributed by atoms with Gasteiger partial charge in [-0.25, -0.2) is 0 Å². The van der Waals surface area contributed by atoms with Crippen LogP contribution in [0.2, 0.25) is 0 Å². The van der Waals surface area contributed by atoms with Crippen molar-refractivity contribution in [3.63, 3.8) is 0 Å². The minimum Gasteiger partial charge on any atom is -0.458 e. The predicted molar refractivity (Wildman–Crippen MR) is 62.2 cm³/mol. The second-order valence-corrected chi connectivity index (χ2v) is 4.06. The van der Waals surface area contributed by atoms with E-state index < -0.39 is 12.2 Å². The molecule has 86 valence electrons. The summed E-state index contributed by atoms with van der Waals surface area (Å²) in [5.74, 6) is 0.429. The maximum absolute atomic E-state index is 9.84. The number of furan rings is 1. The van der Waals surface area contributed by atoms with E-state index in [2.05, 4.69) is 0 Å². The number of hydrogen-bond donors (Lipinski definition) is 2. The first-order chi connectivity index (χ1) is 7.63. The Labute approximate surface area is 94.3 Å². The number of aliphatic hydroxyl groups is 2. The van der Waals surface area contributed by atoms with Gasteiger partial charge in [-0.05, 0) is 25.0 Å². The highest BCUT2D eigenvalue weighted by atomic mass is 16.4. The van der Waals surface area contributed by atoms with Crippen molar-refractivity contribution < 1.29 is 14.6 Å². The molecule has 2 aromatic rings. The third-order valence-electron chi connectivity index (χ3n) is 2.83. The molecule has 2 atom stereocenters. The molecule has 3 heteroatoms. The van der Waals surface area contributed by atoms with Gasteiger partial charge >= 0.3 is 0 Å². The Bertz CT molecular complexity index is 487. The highest BCUT2D eigenvalue weighted by molar-refractivity contribution is 5.80. The molecule has 0 aliphatic heterocycles. The van der Waals surface area contributed by atoms with Gasteiger partial charge in [0.15, 0.2) is 0 Å². The highest BCUT2D eigenvalue weighted by Gasteiger charge is 2.20. The van der Waals surface area contributed by atoms with Crippen LogP contribution in [-0.2, 0) is 0 Å². The first-order valence-corrected chi connectivity index (χ1v) is 5.48. The van der Waals surface area contributed by atoms with Gasteiger partial charge < -0.3 is 14.6 Å². The molecule has 0 amide bonds. The second-order valence-electron chi connectivity index (χ2n) is 4.06. The van der Waals surface area contributed by atoms with Crippen LogP contribution in [-0.4, -0.2) is 16.3 Å². The highest BCUT2D eigenvalue weighted by Crippen LogP contribution is 2.28. The van der Waals surface area contributed by atoms with Crippen LogP contribution >= 0.6 is 0 Å². The van der Waals surface area contributed by atoms with Crippen molar-refractivity contribution in [1.29, 1.82) is 0 Å². The molecule has 1 aromatic heterocycles. The fourth-order valence-electron chi connectivity index (χ4n) is 1.79. The Balaban J connectivity index is 2.43. The van der Waals surface area contributed by atoms with Gasteiger partial charge in [-0.1, -0.05) is 25.1 Å². The lowest BCUT2D eigenvalue weighted by molar-refractivity contribution is 0.00462. The lowest BCUT2D eigenvalue weighted by Crippen LogP contribution is -2.16. The topological polar surface area (TPSA) is 53.6 Å². The number of fused-ring (bicyclic) bond motifs is 1. The Morgan fingerprint density at radius 1 is 1.31 bits per heavy atom. The van der Waals surface area contributed by atoms with Crippen molar-refractivity contribution in [3.8, 4) is 0 Å². The van der Waals surface area contributed by atoms with Crippen LogP contribution in [0.25, 0.3) is 11.0 Å². The molecule has 0 bridgehead atoms. The second kappa shape index (κ2) is 4.28. The molecule has 0 saturated heterocycles. The Hall–Kier alpha value is -1.32. The fourth-order valence-corrected chi connectivity index (χ4v) is 1.79. The van der Waals surface area contributed by atoms with Crippen molar-refractivity contribution in [1.82, 2.24) is 0 Å². The summed E-state index contributed by atoms with van der Waals surface area (Å²) < 4.78 is 5.57. The van der Waals surface area contributed by atoms with Crippen molar-refractivity contribution in [3.05, 3.63) is 35.6 Å². The standard InChI is InChI=1S/C13H16O3/c1-3-10(14)12(15)11-7-9-6-4-5-8(2)13(9)16-11/h4-7,10,12,14-15H,3H2,1-2H3.